The van der Waals surface area contributed by atoms with Crippen LogP contribution < -0.4 is 0 Å². The number of rotatable bonds is 5. The highest BCUT2D eigenvalue weighted by molar-refractivity contribution is 6.22. The maximum absolute atomic E-state index is 12.7. The van der Waals surface area contributed by atoms with Crippen LogP contribution in [0.4, 0.5) is 0 Å². The van der Waals surface area contributed by atoms with Gasteiger partial charge in [-0.2, -0.15) is 0 Å². The molecule has 6 rings (SSSR count). The average molecular weight is 497 g/mol. The van der Waals surface area contributed by atoms with E-state index in [4.69, 9.17) is 35.7 Å². The lowest BCUT2D eigenvalue weighted by molar-refractivity contribution is -0.217. The van der Waals surface area contributed by atoms with E-state index >= 15 is 0 Å². The Morgan fingerprint density at radius 1 is 1.26 bits per heavy atom. The summed E-state index contributed by atoms with van der Waals surface area (Å²) in [4.78, 5) is 36.0. The number of carbonyl (C=O) groups excluding carboxylic acids is 2. The first kappa shape index (κ1) is 22.8. The zero-order valence-corrected chi connectivity index (χ0v) is 20.1. The second kappa shape index (κ2) is 6.75. The molecule has 0 radical (unpaired) electrons. The first-order chi connectivity index (χ1) is 15.9. The van der Waals surface area contributed by atoms with Gasteiger partial charge in [-0.05, 0) is 36.7 Å². The van der Waals surface area contributed by atoms with Crippen molar-refractivity contribution in [1.29, 1.82) is 0 Å². The number of hydrogen-bond donors (Lipinski definition) is 2. The van der Waals surface area contributed by atoms with E-state index in [9.17, 15) is 19.5 Å². The summed E-state index contributed by atoms with van der Waals surface area (Å²) in [5.41, 5.74) is -2.88. The summed E-state index contributed by atoms with van der Waals surface area (Å²) in [5, 5.41) is 20.8. The number of aliphatic carboxylic acids is 1. The van der Waals surface area contributed by atoms with Crippen molar-refractivity contribution in [3.63, 3.8) is 0 Å². The SMILES string of the molecule is CC(C)[C@@]12O[C@@H]3C[C@H]4C5=C(CC[C@]4(C)[C@@]4(O[C@H]4[C@H]1Cl)[C@]3(O)[C@@H]2OC(=O)CCC(=O)O)C(=O)OC5. The number of carboxylic acids is 1. The van der Waals surface area contributed by atoms with Gasteiger partial charge in [-0.25, -0.2) is 4.79 Å². The topological polar surface area (TPSA) is 132 Å². The molecule has 9 atom stereocenters. The number of aliphatic hydroxyl groups is 1. The second-order valence-corrected chi connectivity index (χ2v) is 11.6. The van der Waals surface area contributed by atoms with Crippen LogP contribution in [0.5, 0.6) is 0 Å². The molecule has 34 heavy (non-hydrogen) atoms. The molecule has 3 heterocycles. The van der Waals surface area contributed by atoms with Gasteiger partial charge in [-0.3, -0.25) is 9.59 Å². The van der Waals surface area contributed by atoms with E-state index in [2.05, 4.69) is 6.92 Å². The average Bonchev–Trinajstić information content (AvgIpc) is 3.38. The van der Waals surface area contributed by atoms with Crippen LogP contribution >= 0.6 is 11.6 Å². The van der Waals surface area contributed by atoms with Crippen molar-refractivity contribution in [3.05, 3.63) is 11.1 Å². The molecule has 0 aromatic carbocycles. The molecule has 2 N–H and O–H groups in total. The molecule has 1 spiro atoms. The number of hydrogen-bond acceptors (Lipinski definition) is 8. The number of ether oxygens (including phenoxy) is 4. The van der Waals surface area contributed by atoms with Crippen molar-refractivity contribution >= 4 is 29.5 Å². The Morgan fingerprint density at radius 2 is 2.00 bits per heavy atom. The summed E-state index contributed by atoms with van der Waals surface area (Å²) in [6.45, 7) is 6.10. The molecule has 0 aromatic heterocycles. The van der Waals surface area contributed by atoms with Crippen LogP contribution in [0.2, 0.25) is 0 Å². The van der Waals surface area contributed by atoms with E-state index in [-0.39, 0.29) is 37.3 Å². The van der Waals surface area contributed by atoms with Gasteiger partial charge < -0.3 is 29.2 Å². The Morgan fingerprint density at radius 3 is 2.68 bits per heavy atom. The van der Waals surface area contributed by atoms with E-state index in [0.29, 0.717) is 24.8 Å². The van der Waals surface area contributed by atoms with Crippen LogP contribution in [-0.2, 0) is 33.3 Å². The summed E-state index contributed by atoms with van der Waals surface area (Å²) in [6, 6.07) is 0. The van der Waals surface area contributed by atoms with Crippen LogP contribution in [0.15, 0.2) is 11.1 Å². The first-order valence-corrected chi connectivity index (χ1v) is 12.4. The summed E-state index contributed by atoms with van der Waals surface area (Å²) in [5.74, 6) is -2.44. The standard InChI is InChI=1S/C24H29ClO9/c1-10(2)22-17(25)18-24(34-18)21(3)7-6-11-12(9-31-19(11)29)13(21)8-14(33-22)23(24,30)20(22)32-16(28)5-4-15(26)27/h10,13-14,17-18,20,30H,4-9H2,1-3H3,(H,26,27)/t13-,14+,17+,18-,20+,21-,22+,23+,24+/m0/s1. The van der Waals surface area contributed by atoms with Gasteiger partial charge in [-0.15, -0.1) is 11.6 Å². The number of epoxide rings is 1. The van der Waals surface area contributed by atoms with Gasteiger partial charge in [-0.1, -0.05) is 20.8 Å². The lowest BCUT2D eigenvalue weighted by Gasteiger charge is -2.59. The number of halogens is 1. The molecular formula is C24H29ClO9. The van der Waals surface area contributed by atoms with Crippen molar-refractivity contribution in [2.45, 2.75) is 93.4 Å². The number of alkyl halides is 1. The fraction of sp³-hybridized carbons (Fsp3) is 0.792. The van der Waals surface area contributed by atoms with Crippen molar-refractivity contribution in [2.24, 2.45) is 17.3 Å². The van der Waals surface area contributed by atoms with Crippen molar-refractivity contribution in [1.82, 2.24) is 0 Å². The molecule has 3 aliphatic heterocycles. The number of carboxylic acid groups (broad SMARTS) is 1. The molecule has 0 aromatic rings. The predicted molar refractivity (Wildman–Crippen MR) is 115 cm³/mol. The Bertz CT molecular complexity index is 1040. The van der Waals surface area contributed by atoms with Crippen LogP contribution in [0, 0.1) is 17.3 Å². The van der Waals surface area contributed by atoms with Gasteiger partial charge in [0.25, 0.3) is 0 Å². The molecule has 3 aliphatic carbocycles. The highest BCUT2D eigenvalue weighted by Gasteiger charge is 2.95. The highest BCUT2D eigenvalue weighted by atomic mass is 35.5. The summed E-state index contributed by atoms with van der Waals surface area (Å²) >= 11 is 7.07. The quantitative estimate of drug-likeness (QED) is 0.331. The summed E-state index contributed by atoms with van der Waals surface area (Å²) < 4.78 is 24.3. The first-order valence-electron chi connectivity index (χ1n) is 12.0. The van der Waals surface area contributed by atoms with Crippen LogP contribution in [-0.4, -0.2) is 75.2 Å². The van der Waals surface area contributed by atoms with E-state index in [1.54, 1.807) is 0 Å². The number of carbonyl (C=O) groups is 3. The minimum absolute atomic E-state index is 0.105. The van der Waals surface area contributed by atoms with Crippen LogP contribution in [0.3, 0.4) is 0 Å². The molecule has 4 fully saturated rings. The summed E-state index contributed by atoms with van der Waals surface area (Å²) in [6.07, 6.45) is -1.51. The smallest absolute Gasteiger partial charge is 0.334 e. The monoisotopic (exact) mass is 496 g/mol. The third-order valence-electron chi connectivity index (χ3n) is 9.66. The molecule has 2 saturated carbocycles. The van der Waals surface area contributed by atoms with E-state index in [1.807, 2.05) is 13.8 Å². The highest BCUT2D eigenvalue weighted by Crippen LogP contribution is 2.78. The maximum Gasteiger partial charge on any atom is 0.334 e. The Balaban J connectivity index is 1.46. The van der Waals surface area contributed by atoms with Crippen molar-refractivity contribution < 1.29 is 43.5 Å². The molecule has 6 aliphatic rings. The third-order valence-corrected chi connectivity index (χ3v) is 10.2. The van der Waals surface area contributed by atoms with Crippen LogP contribution in [0.25, 0.3) is 0 Å². The Labute approximate surface area is 201 Å². The predicted octanol–water partition coefficient (Wildman–Crippen LogP) is 1.72. The molecule has 0 amide bonds. The molecule has 2 saturated heterocycles. The molecule has 0 unspecified atom stereocenters. The lowest BCUT2D eigenvalue weighted by atomic mass is 9.45. The Kier molecular flexibility index (Phi) is 4.52. The van der Waals surface area contributed by atoms with Gasteiger partial charge in [0, 0.05) is 11.0 Å². The largest absolute Gasteiger partial charge is 0.481 e. The number of cyclic esters (lactones) is 1. The van der Waals surface area contributed by atoms with Gasteiger partial charge in [0.2, 0.25) is 0 Å². The third kappa shape index (κ3) is 2.31. The zero-order valence-electron chi connectivity index (χ0n) is 19.3. The van der Waals surface area contributed by atoms with E-state index in [1.165, 1.54) is 0 Å². The van der Waals surface area contributed by atoms with Crippen molar-refractivity contribution in [2.75, 3.05) is 6.61 Å². The van der Waals surface area contributed by atoms with E-state index < -0.39 is 57.8 Å². The molecule has 10 heteroatoms. The van der Waals surface area contributed by atoms with Crippen molar-refractivity contribution in [3.8, 4) is 0 Å². The molecule has 2 bridgehead atoms. The molecule has 9 nitrogen and oxygen atoms in total. The zero-order chi connectivity index (χ0) is 24.4. The minimum atomic E-state index is -1.65. The maximum atomic E-state index is 12.7. The molecule has 186 valence electrons. The fourth-order valence-electron chi connectivity index (χ4n) is 8.06. The van der Waals surface area contributed by atoms with Gasteiger partial charge in [0.05, 0.1) is 24.3 Å². The van der Waals surface area contributed by atoms with E-state index in [0.717, 1.165) is 5.57 Å². The summed E-state index contributed by atoms with van der Waals surface area (Å²) in [7, 11) is 0. The lowest BCUT2D eigenvalue weighted by Crippen LogP contribution is -2.77. The minimum Gasteiger partial charge on any atom is -0.481 e. The molecular weight excluding hydrogens is 468 g/mol. The number of esters is 2. The Hall–Kier alpha value is -1.68. The van der Waals surface area contributed by atoms with Crippen LogP contribution in [0.1, 0.15) is 52.9 Å². The van der Waals surface area contributed by atoms with Gasteiger partial charge >= 0.3 is 17.9 Å². The van der Waals surface area contributed by atoms with Gasteiger partial charge in [0.1, 0.15) is 23.9 Å². The fourth-order valence-corrected chi connectivity index (χ4v) is 8.70. The second-order valence-electron chi connectivity index (χ2n) is 11.2. The van der Waals surface area contributed by atoms with Gasteiger partial charge in [0.15, 0.2) is 11.7 Å². The normalized spacial score (nSPS) is 49.8. The number of fused-ring (bicyclic) bond motifs is 3.